The van der Waals surface area contributed by atoms with Crippen LogP contribution in [0.4, 0.5) is 10.8 Å². The first-order chi connectivity index (χ1) is 11.7. The third kappa shape index (κ3) is 3.61. The number of thiazole rings is 1. The maximum atomic E-state index is 4.75. The lowest BCUT2D eigenvalue weighted by Gasteiger charge is -2.16. The zero-order chi connectivity index (χ0) is 16.5. The quantitative estimate of drug-likeness (QED) is 0.449. The number of quaternary nitrogens is 2. The Hall–Kier alpha value is -1.77. The van der Waals surface area contributed by atoms with E-state index < -0.39 is 0 Å². The summed E-state index contributed by atoms with van der Waals surface area (Å²) in [5.74, 6) is 0. The van der Waals surface area contributed by atoms with E-state index in [-0.39, 0.29) is 23.1 Å². The fourth-order valence-corrected chi connectivity index (χ4v) is 3.77. The molecular weight excluding hydrogens is 398 g/mol. The maximum absolute atomic E-state index is 4.75. The molecule has 4 N–H and O–H groups in total. The number of hydrogen-bond acceptors (Lipinski definition) is 4. The molecule has 7 heteroatoms. The zero-order valence-electron chi connectivity index (χ0n) is 14.1. The van der Waals surface area contributed by atoms with E-state index in [1.54, 1.807) is 11.3 Å². The van der Waals surface area contributed by atoms with Crippen LogP contribution in [-0.4, -0.2) is 4.98 Å². The van der Waals surface area contributed by atoms with Gasteiger partial charge in [-0.1, -0.05) is 70.4 Å². The summed E-state index contributed by atoms with van der Waals surface area (Å²) in [6.45, 7) is 4.19. The van der Waals surface area contributed by atoms with Gasteiger partial charge in [0.05, 0.1) is 5.69 Å². The fraction of sp³-hybridized carbons (Fsp3) is 0.167. The smallest absolute Gasteiger partial charge is 0.334 e. The van der Waals surface area contributed by atoms with Gasteiger partial charge in [-0.3, -0.25) is 0 Å². The molecule has 25 heavy (non-hydrogen) atoms. The Balaban J connectivity index is 0.00000182. The monoisotopic (exact) mass is 418 g/mol. The second-order valence-corrected chi connectivity index (χ2v) is 7.10. The lowest BCUT2D eigenvalue weighted by Crippen LogP contribution is -3.24. The molecular formula is C18H21BrN5S+. The number of aromatic nitrogens is 1. The van der Waals surface area contributed by atoms with Crippen LogP contribution < -0.4 is 38.1 Å². The summed E-state index contributed by atoms with van der Waals surface area (Å²) in [7, 11) is 0. The number of nitrogens with two attached hydrogens (primary N) is 1. The second-order valence-electron chi connectivity index (χ2n) is 5.90. The number of anilines is 1. The Morgan fingerprint density at radius 2 is 1.68 bits per heavy atom. The Bertz CT molecular complexity index is 804. The summed E-state index contributed by atoms with van der Waals surface area (Å²) in [6, 6.07) is 20.9. The number of aryl methyl sites for hydroxylation is 2. The summed E-state index contributed by atoms with van der Waals surface area (Å²) in [4.78, 5) is 6.01. The summed E-state index contributed by atoms with van der Waals surface area (Å²) in [6.07, 6.45) is 0.144. The molecule has 2 atom stereocenters. The summed E-state index contributed by atoms with van der Waals surface area (Å²) >= 11 is 1.73. The number of hydrogen-bond donors (Lipinski definition) is 3. The standard InChI is InChI=1S/C18H19N5S.BrH/c1-13-14(2)24-18(19-13)23-21-17(15-9-5-3-6-10-15)20-22(23)16-11-7-4-8-12-16;/h3-12,17,20-21H,1-2H3;1H/p+1. The number of para-hydroxylation sites is 1. The van der Waals surface area contributed by atoms with Crippen molar-refractivity contribution in [3.05, 3.63) is 76.8 Å². The van der Waals surface area contributed by atoms with Crippen LogP contribution in [0.2, 0.25) is 0 Å². The average molecular weight is 419 g/mol. The lowest BCUT2D eigenvalue weighted by atomic mass is 10.2. The van der Waals surface area contributed by atoms with Crippen LogP contribution in [0.5, 0.6) is 0 Å². The largest absolute Gasteiger partial charge is 1.00 e. The molecule has 2 unspecified atom stereocenters. The van der Waals surface area contributed by atoms with Crippen molar-refractivity contribution in [1.29, 1.82) is 0 Å². The van der Waals surface area contributed by atoms with Crippen LogP contribution in [0.3, 0.4) is 0 Å². The molecule has 5 nitrogen and oxygen atoms in total. The van der Waals surface area contributed by atoms with Gasteiger partial charge in [0, 0.05) is 10.4 Å². The van der Waals surface area contributed by atoms with Crippen molar-refractivity contribution >= 4 is 22.2 Å². The summed E-state index contributed by atoms with van der Waals surface area (Å²) in [5, 5.41) is 4.30. The van der Waals surface area contributed by atoms with E-state index in [0.29, 0.717) is 0 Å². The van der Waals surface area contributed by atoms with Crippen molar-refractivity contribution in [2.45, 2.75) is 20.0 Å². The molecule has 3 aromatic rings. The van der Waals surface area contributed by atoms with Gasteiger partial charge < -0.3 is 17.0 Å². The molecule has 1 aliphatic heterocycles. The highest BCUT2D eigenvalue weighted by molar-refractivity contribution is 7.14. The minimum atomic E-state index is 0. The first-order valence-corrected chi connectivity index (χ1v) is 8.86. The van der Waals surface area contributed by atoms with Crippen molar-refractivity contribution in [2.75, 3.05) is 5.12 Å². The Labute approximate surface area is 162 Å². The van der Waals surface area contributed by atoms with E-state index >= 15 is 0 Å². The first-order valence-electron chi connectivity index (χ1n) is 8.04. The Morgan fingerprint density at radius 1 is 1.04 bits per heavy atom. The van der Waals surface area contributed by atoms with E-state index in [1.165, 1.54) is 10.4 Å². The summed E-state index contributed by atoms with van der Waals surface area (Å²) in [5.41, 5.74) is 9.36. The molecule has 0 radical (unpaired) electrons. The summed E-state index contributed by atoms with van der Waals surface area (Å²) < 4.78 is 0. The van der Waals surface area contributed by atoms with E-state index in [9.17, 15) is 0 Å². The normalized spacial score (nSPS) is 19.7. The van der Waals surface area contributed by atoms with Crippen LogP contribution in [0.15, 0.2) is 60.7 Å². The second kappa shape index (κ2) is 7.63. The average Bonchev–Trinajstić information content (AvgIpc) is 3.21. The molecule has 1 aliphatic rings. The molecule has 4 rings (SSSR count). The van der Waals surface area contributed by atoms with Crippen molar-refractivity contribution in [2.24, 2.45) is 0 Å². The van der Waals surface area contributed by atoms with Gasteiger partial charge >= 0.3 is 5.13 Å². The van der Waals surface area contributed by atoms with Gasteiger partial charge in [-0.2, -0.15) is 10.4 Å². The van der Waals surface area contributed by atoms with Gasteiger partial charge in [-0.25, -0.2) is 0 Å². The highest BCUT2D eigenvalue weighted by Gasteiger charge is 2.42. The number of nitrogens with zero attached hydrogens (tertiary/aromatic N) is 2. The third-order valence-corrected chi connectivity index (χ3v) is 5.34. The van der Waals surface area contributed by atoms with Crippen LogP contribution >= 0.6 is 11.3 Å². The Morgan fingerprint density at radius 3 is 2.28 bits per heavy atom. The molecule has 1 aromatic heterocycles. The highest BCUT2D eigenvalue weighted by Crippen LogP contribution is 2.19. The molecule has 2 heterocycles. The highest BCUT2D eigenvalue weighted by atomic mass is 79.9. The van der Waals surface area contributed by atoms with Gasteiger partial charge in [0.2, 0.25) is 6.17 Å². The van der Waals surface area contributed by atoms with E-state index in [0.717, 1.165) is 21.6 Å². The van der Waals surface area contributed by atoms with E-state index in [4.69, 9.17) is 4.98 Å². The van der Waals surface area contributed by atoms with Gasteiger partial charge in [-0.15, -0.1) is 0 Å². The van der Waals surface area contributed by atoms with Crippen LogP contribution in [0, 0.1) is 13.8 Å². The van der Waals surface area contributed by atoms with Crippen LogP contribution in [-0.2, 0) is 0 Å². The lowest BCUT2D eigenvalue weighted by molar-refractivity contribution is -0.942. The van der Waals surface area contributed by atoms with Gasteiger partial charge in [0.15, 0.2) is 0 Å². The van der Waals surface area contributed by atoms with Crippen molar-refractivity contribution < 1.29 is 27.5 Å². The minimum Gasteiger partial charge on any atom is -1.00 e. The van der Waals surface area contributed by atoms with Crippen LogP contribution in [0.25, 0.3) is 0 Å². The Kier molecular flexibility index (Phi) is 5.51. The van der Waals surface area contributed by atoms with Crippen molar-refractivity contribution in [3.8, 4) is 0 Å². The molecule has 0 bridgehead atoms. The zero-order valence-corrected chi connectivity index (χ0v) is 16.5. The SMILES string of the molecule is Cc1nc([NH+]2NC(c3ccccc3)[NH2+]N2c2ccccc2)sc1C.[Br-]. The fourth-order valence-electron chi connectivity index (χ4n) is 2.85. The van der Waals surface area contributed by atoms with E-state index in [2.05, 4.69) is 78.3 Å². The maximum Gasteiger partial charge on any atom is 0.334 e. The van der Waals surface area contributed by atoms with Crippen LogP contribution in [0.1, 0.15) is 22.3 Å². The number of nitrogens with one attached hydrogen (secondary N) is 2. The molecule has 0 spiro atoms. The topological polar surface area (TPSA) is 49.2 Å². The van der Waals surface area contributed by atoms with Crippen molar-refractivity contribution in [1.82, 2.24) is 10.4 Å². The van der Waals surface area contributed by atoms with Crippen molar-refractivity contribution in [3.63, 3.8) is 0 Å². The van der Waals surface area contributed by atoms with E-state index in [1.807, 2.05) is 12.1 Å². The third-order valence-electron chi connectivity index (χ3n) is 4.26. The number of halogens is 1. The predicted octanol–water partition coefficient (Wildman–Crippen LogP) is -1.60. The molecule has 1 fully saturated rings. The molecule has 0 saturated carbocycles. The number of benzene rings is 2. The molecule has 0 aliphatic carbocycles. The first kappa shape index (κ1) is 18.0. The predicted molar refractivity (Wildman–Crippen MR) is 95.4 cm³/mol. The minimum absolute atomic E-state index is 0. The van der Waals surface area contributed by atoms with Gasteiger partial charge in [0.25, 0.3) is 0 Å². The van der Waals surface area contributed by atoms with Gasteiger partial charge in [-0.05, 0) is 31.1 Å². The molecule has 0 amide bonds. The number of rotatable bonds is 3. The molecule has 130 valence electrons. The molecule has 1 saturated heterocycles. The molecule has 2 aromatic carbocycles. The van der Waals surface area contributed by atoms with Gasteiger partial charge in [0.1, 0.15) is 5.69 Å².